The molecule has 1 saturated heterocycles. The summed E-state index contributed by atoms with van der Waals surface area (Å²) in [6.07, 6.45) is 0.727. The second-order valence-corrected chi connectivity index (χ2v) is 9.56. The number of ketones is 1. The van der Waals surface area contributed by atoms with Crippen LogP contribution in [0, 0.1) is 0 Å². The lowest BCUT2D eigenvalue weighted by Crippen LogP contribution is -3.14. The molecule has 0 saturated carbocycles. The molecule has 2 aliphatic heterocycles. The fourth-order valence-corrected chi connectivity index (χ4v) is 5.18. The quantitative estimate of drug-likeness (QED) is 0.477. The van der Waals surface area contributed by atoms with Crippen LogP contribution in [0.3, 0.4) is 0 Å². The number of halogens is 1. The number of carbonyl (C=O) groups is 2. The smallest absolute Gasteiger partial charge is 0.239 e. The van der Waals surface area contributed by atoms with Gasteiger partial charge in [-0.2, -0.15) is 0 Å². The predicted molar refractivity (Wildman–Crippen MR) is 127 cm³/mol. The van der Waals surface area contributed by atoms with E-state index < -0.39 is 23.5 Å². The summed E-state index contributed by atoms with van der Waals surface area (Å²) < 4.78 is 12.0. The zero-order chi connectivity index (χ0) is 23.7. The first-order valence-electron chi connectivity index (χ1n) is 11.4. The maximum Gasteiger partial charge on any atom is 0.239 e. The van der Waals surface area contributed by atoms with Gasteiger partial charge in [0.15, 0.2) is 5.76 Å². The number of hydrogen-bond acceptors (Lipinski definition) is 5. The van der Waals surface area contributed by atoms with Gasteiger partial charge in [0, 0.05) is 28.4 Å². The highest BCUT2D eigenvalue weighted by atomic mass is 79.9. The average molecular weight is 525 g/mol. The Hall–Kier alpha value is -2.94. The molecule has 7 nitrogen and oxygen atoms in total. The van der Waals surface area contributed by atoms with E-state index in [0.29, 0.717) is 17.7 Å². The number of benzene rings is 2. The Labute approximate surface area is 205 Å². The summed E-state index contributed by atoms with van der Waals surface area (Å²) >= 11 is 3.47. The number of fused-ring (bicyclic) bond motifs is 1. The largest absolute Gasteiger partial charge is 0.868 e. The number of rotatable bonds is 7. The molecule has 8 heteroatoms. The molecular weight excluding hydrogens is 500 g/mol. The molecule has 1 amide bonds. The topological polar surface area (TPSA) is 87.2 Å². The molecule has 1 aromatic heterocycles. The van der Waals surface area contributed by atoms with Crippen LogP contribution in [0.25, 0.3) is 11.0 Å². The summed E-state index contributed by atoms with van der Waals surface area (Å²) in [5.41, 5.74) is 1.22. The Morgan fingerprint density at radius 3 is 2.68 bits per heavy atom. The number of hydrogen-bond donors (Lipinski definition) is 1. The standard InChI is InChI=1S/C26H25BrN2O5/c27-19-7-3-6-18(15-19)23-22(24(30)21-16-17-5-1-2-8-20(17)34-21)25(31)26(32)29(23)10-4-9-28-11-13-33-14-12-28/h1-3,5-8,15-16,23,31H,4,9-14H2. The van der Waals surface area contributed by atoms with E-state index in [1.54, 1.807) is 17.0 Å². The van der Waals surface area contributed by atoms with Gasteiger partial charge in [-0.05, 0) is 35.6 Å². The van der Waals surface area contributed by atoms with Crippen molar-refractivity contribution in [2.24, 2.45) is 0 Å². The Kier molecular flexibility index (Phi) is 6.54. The molecule has 1 fully saturated rings. The van der Waals surface area contributed by atoms with E-state index in [9.17, 15) is 14.7 Å². The van der Waals surface area contributed by atoms with Crippen LogP contribution >= 0.6 is 15.9 Å². The van der Waals surface area contributed by atoms with Gasteiger partial charge >= 0.3 is 0 Å². The minimum Gasteiger partial charge on any atom is -0.868 e. The first-order chi connectivity index (χ1) is 16.5. The average Bonchev–Trinajstić information content (AvgIpc) is 3.39. The predicted octanol–water partition coefficient (Wildman–Crippen LogP) is 1.88. The summed E-state index contributed by atoms with van der Waals surface area (Å²) in [7, 11) is 0. The maximum absolute atomic E-state index is 13.5. The molecule has 0 radical (unpaired) electrons. The van der Waals surface area contributed by atoms with Gasteiger partial charge in [0.25, 0.3) is 0 Å². The van der Waals surface area contributed by atoms with Crippen molar-refractivity contribution in [3.8, 4) is 0 Å². The highest BCUT2D eigenvalue weighted by molar-refractivity contribution is 9.10. The van der Waals surface area contributed by atoms with Gasteiger partial charge in [-0.1, -0.05) is 46.3 Å². The van der Waals surface area contributed by atoms with Gasteiger partial charge in [-0.3, -0.25) is 9.59 Å². The fourth-order valence-electron chi connectivity index (χ4n) is 4.76. The van der Waals surface area contributed by atoms with Crippen LogP contribution in [0.2, 0.25) is 0 Å². The van der Waals surface area contributed by atoms with Crippen LogP contribution in [-0.4, -0.2) is 56.0 Å². The number of carbonyl (C=O) groups excluding carboxylic acids is 2. The van der Waals surface area contributed by atoms with Crippen molar-refractivity contribution < 1.29 is 28.7 Å². The molecule has 0 aliphatic carbocycles. The molecule has 0 spiro atoms. The van der Waals surface area contributed by atoms with Crippen molar-refractivity contribution in [3.05, 3.63) is 81.7 Å². The molecule has 3 heterocycles. The third-order valence-corrected chi connectivity index (χ3v) is 6.97. The zero-order valence-electron chi connectivity index (χ0n) is 18.6. The van der Waals surface area contributed by atoms with E-state index in [1.807, 2.05) is 42.5 Å². The molecule has 0 bridgehead atoms. The Bertz CT molecular complexity index is 1230. The fraction of sp³-hybridized carbons (Fsp3) is 0.308. The highest BCUT2D eigenvalue weighted by Crippen LogP contribution is 2.39. The normalized spacial score (nSPS) is 19.4. The summed E-state index contributed by atoms with van der Waals surface area (Å²) in [5.74, 6) is -1.87. The van der Waals surface area contributed by atoms with Crippen LogP contribution in [-0.2, 0) is 9.53 Å². The molecule has 34 heavy (non-hydrogen) atoms. The SMILES string of the molecule is O=C(C1=C([O-])C(=O)N(CCC[NH+]2CCOCC2)C1c1cccc(Br)c1)c1cc2ccccc2o1. The van der Waals surface area contributed by atoms with E-state index in [2.05, 4.69) is 15.9 Å². The Balaban J connectivity index is 1.45. The number of nitrogens with zero attached hydrogens (tertiary/aromatic N) is 1. The zero-order valence-corrected chi connectivity index (χ0v) is 20.2. The van der Waals surface area contributed by atoms with E-state index >= 15 is 0 Å². The van der Waals surface area contributed by atoms with Gasteiger partial charge in [0.1, 0.15) is 18.7 Å². The van der Waals surface area contributed by atoms with Crippen molar-refractivity contribution in [3.63, 3.8) is 0 Å². The van der Waals surface area contributed by atoms with Crippen molar-refractivity contribution in [2.45, 2.75) is 12.5 Å². The number of ether oxygens (including phenoxy) is 1. The molecule has 5 rings (SSSR count). The van der Waals surface area contributed by atoms with Gasteiger partial charge in [0.2, 0.25) is 11.7 Å². The first-order valence-corrected chi connectivity index (χ1v) is 12.2. The van der Waals surface area contributed by atoms with Crippen LogP contribution < -0.4 is 10.0 Å². The summed E-state index contributed by atoms with van der Waals surface area (Å²) in [6.45, 7) is 4.61. The molecule has 1 N–H and O–H groups in total. The number of para-hydroxylation sites is 1. The number of Topliss-reactive ketones (excluding diaryl/α,β-unsaturated/α-hetero) is 1. The second-order valence-electron chi connectivity index (χ2n) is 8.64. The first kappa shape index (κ1) is 22.8. The Morgan fingerprint density at radius 2 is 1.91 bits per heavy atom. The number of furan rings is 1. The van der Waals surface area contributed by atoms with E-state index in [1.165, 1.54) is 4.90 Å². The van der Waals surface area contributed by atoms with Crippen molar-refractivity contribution in [1.82, 2.24) is 4.90 Å². The molecule has 1 atom stereocenters. The van der Waals surface area contributed by atoms with Crippen LogP contribution in [0.15, 0.2) is 74.8 Å². The Morgan fingerprint density at radius 1 is 1.12 bits per heavy atom. The van der Waals surface area contributed by atoms with E-state index in [-0.39, 0.29) is 11.3 Å². The molecular formula is C26H25BrN2O5. The highest BCUT2D eigenvalue weighted by Gasteiger charge is 2.40. The van der Waals surface area contributed by atoms with Crippen molar-refractivity contribution in [2.75, 3.05) is 39.4 Å². The second kappa shape index (κ2) is 9.74. The van der Waals surface area contributed by atoms with Crippen LogP contribution in [0.5, 0.6) is 0 Å². The lowest BCUT2D eigenvalue weighted by Gasteiger charge is -2.29. The minimum absolute atomic E-state index is 0.0547. The van der Waals surface area contributed by atoms with Crippen LogP contribution in [0.4, 0.5) is 0 Å². The van der Waals surface area contributed by atoms with Crippen molar-refractivity contribution in [1.29, 1.82) is 0 Å². The number of nitrogens with one attached hydrogen (secondary N) is 1. The molecule has 3 aromatic rings. The molecule has 2 aliphatic rings. The van der Waals surface area contributed by atoms with E-state index in [4.69, 9.17) is 9.15 Å². The minimum atomic E-state index is -0.755. The lowest BCUT2D eigenvalue weighted by atomic mass is 9.95. The van der Waals surface area contributed by atoms with E-state index in [0.717, 1.165) is 49.1 Å². The van der Waals surface area contributed by atoms with Crippen LogP contribution in [0.1, 0.15) is 28.6 Å². The van der Waals surface area contributed by atoms with Gasteiger partial charge in [0.05, 0.1) is 25.8 Å². The summed E-state index contributed by atoms with van der Waals surface area (Å²) in [4.78, 5) is 29.6. The van der Waals surface area contributed by atoms with Gasteiger partial charge < -0.3 is 24.1 Å². The third-order valence-electron chi connectivity index (χ3n) is 6.47. The number of morpholine rings is 1. The summed E-state index contributed by atoms with van der Waals surface area (Å²) in [6, 6.07) is 15.6. The number of amides is 1. The third kappa shape index (κ3) is 4.41. The van der Waals surface area contributed by atoms with Crippen molar-refractivity contribution >= 4 is 38.6 Å². The molecule has 176 valence electrons. The number of quaternary nitrogens is 1. The molecule has 2 aromatic carbocycles. The molecule has 1 unspecified atom stereocenters. The summed E-state index contributed by atoms with van der Waals surface area (Å²) in [5, 5.41) is 13.9. The van der Waals surface area contributed by atoms with Gasteiger partial charge in [-0.15, -0.1) is 0 Å². The maximum atomic E-state index is 13.5. The van der Waals surface area contributed by atoms with Gasteiger partial charge in [-0.25, -0.2) is 0 Å². The monoisotopic (exact) mass is 524 g/mol. The lowest BCUT2D eigenvalue weighted by molar-refractivity contribution is -0.908.